The van der Waals surface area contributed by atoms with E-state index in [1.165, 1.54) is 32.2 Å². The molecule has 16 heavy (non-hydrogen) atoms. The Balaban J connectivity index is 2.35. The molecule has 1 N–H and O–H groups in total. The predicted molar refractivity (Wildman–Crippen MR) is 69.5 cm³/mol. The van der Waals surface area contributed by atoms with E-state index in [1.54, 1.807) is 0 Å². The molecular formula is C14H29NO. The Morgan fingerprint density at radius 2 is 1.88 bits per heavy atom. The van der Waals surface area contributed by atoms with E-state index in [9.17, 15) is 5.11 Å². The van der Waals surface area contributed by atoms with Gasteiger partial charge in [-0.1, -0.05) is 40.0 Å². The molecule has 1 saturated carbocycles. The normalized spacial score (nSPS) is 25.9. The fourth-order valence-corrected chi connectivity index (χ4v) is 2.81. The maximum Gasteiger partial charge on any atom is 0.0580 e. The van der Waals surface area contributed by atoms with Crippen LogP contribution in [0.25, 0.3) is 0 Å². The molecule has 2 atom stereocenters. The summed E-state index contributed by atoms with van der Waals surface area (Å²) in [6.07, 6.45) is 5.98. The van der Waals surface area contributed by atoms with Crippen molar-refractivity contribution in [1.82, 2.24) is 4.90 Å². The summed E-state index contributed by atoms with van der Waals surface area (Å²) in [5.41, 5.74) is 0. The summed E-state index contributed by atoms with van der Waals surface area (Å²) in [5, 5.41) is 9.86. The lowest BCUT2D eigenvalue weighted by Gasteiger charge is -2.28. The van der Waals surface area contributed by atoms with Gasteiger partial charge < -0.3 is 10.0 Å². The molecule has 0 aromatic carbocycles. The van der Waals surface area contributed by atoms with Gasteiger partial charge in [-0.15, -0.1) is 0 Å². The first-order valence-corrected chi connectivity index (χ1v) is 7.11. The molecule has 1 aliphatic rings. The minimum absolute atomic E-state index is 0.0317. The standard InChI is InChI=1S/C14H29NO/c1-4-12(5-2)10-15(6-3)11-13-8-7-9-14(13)16/h12-14,16H,4-11H2,1-3H3. The Hall–Kier alpha value is -0.0800. The molecule has 96 valence electrons. The zero-order valence-corrected chi connectivity index (χ0v) is 11.3. The quantitative estimate of drug-likeness (QED) is 0.723. The minimum atomic E-state index is -0.0317. The average molecular weight is 227 g/mol. The summed E-state index contributed by atoms with van der Waals surface area (Å²) in [5.74, 6) is 1.37. The number of hydrogen-bond donors (Lipinski definition) is 1. The third-order valence-corrected chi connectivity index (χ3v) is 4.23. The van der Waals surface area contributed by atoms with Gasteiger partial charge in [0.05, 0.1) is 6.10 Å². The molecule has 2 unspecified atom stereocenters. The zero-order valence-electron chi connectivity index (χ0n) is 11.3. The van der Waals surface area contributed by atoms with Gasteiger partial charge in [0.2, 0.25) is 0 Å². The summed E-state index contributed by atoms with van der Waals surface area (Å²) in [4.78, 5) is 2.54. The first-order chi connectivity index (χ1) is 7.71. The lowest BCUT2D eigenvalue weighted by atomic mass is 10.0. The van der Waals surface area contributed by atoms with Crippen LogP contribution in [0.2, 0.25) is 0 Å². The summed E-state index contributed by atoms with van der Waals surface area (Å²) in [7, 11) is 0. The second-order valence-electron chi connectivity index (χ2n) is 5.29. The van der Waals surface area contributed by atoms with E-state index >= 15 is 0 Å². The first kappa shape index (κ1) is 14.0. The van der Waals surface area contributed by atoms with Crippen LogP contribution in [0.4, 0.5) is 0 Å². The molecule has 0 radical (unpaired) electrons. The summed E-state index contributed by atoms with van der Waals surface area (Å²) in [6, 6.07) is 0. The van der Waals surface area contributed by atoms with Crippen LogP contribution in [0, 0.1) is 11.8 Å². The number of hydrogen-bond acceptors (Lipinski definition) is 2. The number of nitrogens with zero attached hydrogens (tertiary/aromatic N) is 1. The molecule has 0 aromatic rings. The fourth-order valence-electron chi connectivity index (χ4n) is 2.81. The lowest BCUT2D eigenvalue weighted by Crippen LogP contribution is -2.36. The van der Waals surface area contributed by atoms with Crippen LogP contribution in [0.3, 0.4) is 0 Å². The molecule has 0 aliphatic heterocycles. The van der Waals surface area contributed by atoms with E-state index in [2.05, 4.69) is 25.7 Å². The molecule has 1 rings (SSSR count). The molecule has 2 nitrogen and oxygen atoms in total. The second-order valence-corrected chi connectivity index (χ2v) is 5.29. The molecular weight excluding hydrogens is 198 g/mol. The average Bonchev–Trinajstić information content (AvgIpc) is 2.70. The van der Waals surface area contributed by atoms with Gasteiger partial charge in [0.1, 0.15) is 0 Å². The molecule has 1 fully saturated rings. The first-order valence-electron chi connectivity index (χ1n) is 7.11. The molecule has 0 heterocycles. The van der Waals surface area contributed by atoms with Crippen molar-refractivity contribution >= 4 is 0 Å². The van der Waals surface area contributed by atoms with Crippen LogP contribution in [0.5, 0.6) is 0 Å². The Morgan fingerprint density at radius 1 is 1.19 bits per heavy atom. The van der Waals surface area contributed by atoms with Crippen molar-refractivity contribution in [3.63, 3.8) is 0 Å². The molecule has 0 bridgehead atoms. The Kier molecular flexibility index (Phi) is 6.37. The van der Waals surface area contributed by atoms with Crippen molar-refractivity contribution in [3.05, 3.63) is 0 Å². The van der Waals surface area contributed by atoms with Crippen LogP contribution >= 0.6 is 0 Å². The largest absolute Gasteiger partial charge is 0.393 e. The third-order valence-electron chi connectivity index (χ3n) is 4.23. The van der Waals surface area contributed by atoms with Crippen molar-refractivity contribution in [3.8, 4) is 0 Å². The molecule has 0 amide bonds. The van der Waals surface area contributed by atoms with Crippen LogP contribution in [-0.4, -0.2) is 35.7 Å². The monoisotopic (exact) mass is 227 g/mol. The van der Waals surface area contributed by atoms with E-state index in [0.29, 0.717) is 5.92 Å². The maximum absolute atomic E-state index is 9.86. The van der Waals surface area contributed by atoms with Gasteiger partial charge in [-0.25, -0.2) is 0 Å². The molecule has 0 saturated heterocycles. The van der Waals surface area contributed by atoms with E-state index < -0.39 is 0 Å². The maximum atomic E-state index is 9.86. The topological polar surface area (TPSA) is 23.5 Å². The van der Waals surface area contributed by atoms with E-state index in [0.717, 1.165) is 25.4 Å². The van der Waals surface area contributed by atoms with E-state index in [1.807, 2.05) is 0 Å². The zero-order chi connectivity index (χ0) is 12.0. The van der Waals surface area contributed by atoms with Gasteiger partial charge >= 0.3 is 0 Å². The van der Waals surface area contributed by atoms with Crippen LogP contribution in [-0.2, 0) is 0 Å². The van der Waals surface area contributed by atoms with Crippen molar-refractivity contribution in [2.24, 2.45) is 11.8 Å². The van der Waals surface area contributed by atoms with Gasteiger partial charge in [-0.2, -0.15) is 0 Å². The van der Waals surface area contributed by atoms with Gasteiger partial charge in [0.15, 0.2) is 0 Å². The summed E-state index contributed by atoms with van der Waals surface area (Å²) in [6.45, 7) is 10.3. The Bertz CT molecular complexity index is 180. The highest BCUT2D eigenvalue weighted by Crippen LogP contribution is 2.26. The summed E-state index contributed by atoms with van der Waals surface area (Å²) < 4.78 is 0. The molecule has 2 heteroatoms. The van der Waals surface area contributed by atoms with Crippen molar-refractivity contribution in [2.75, 3.05) is 19.6 Å². The highest BCUT2D eigenvalue weighted by molar-refractivity contribution is 4.79. The van der Waals surface area contributed by atoms with Crippen molar-refractivity contribution < 1.29 is 5.11 Å². The van der Waals surface area contributed by atoms with E-state index in [-0.39, 0.29) is 6.10 Å². The van der Waals surface area contributed by atoms with E-state index in [4.69, 9.17) is 0 Å². The highest BCUT2D eigenvalue weighted by atomic mass is 16.3. The second kappa shape index (κ2) is 7.29. The number of aliphatic hydroxyl groups excluding tert-OH is 1. The smallest absolute Gasteiger partial charge is 0.0580 e. The van der Waals surface area contributed by atoms with Gasteiger partial charge in [0.25, 0.3) is 0 Å². The number of rotatable bonds is 7. The van der Waals surface area contributed by atoms with Gasteiger partial charge in [0, 0.05) is 13.1 Å². The summed E-state index contributed by atoms with van der Waals surface area (Å²) >= 11 is 0. The minimum Gasteiger partial charge on any atom is -0.393 e. The molecule has 1 aliphatic carbocycles. The Morgan fingerprint density at radius 3 is 2.31 bits per heavy atom. The molecule has 0 aromatic heterocycles. The van der Waals surface area contributed by atoms with Gasteiger partial charge in [-0.3, -0.25) is 0 Å². The number of aliphatic hydroxyl groups is 1. The Labute approximate surface area is 101 Å². The molecule has 0 spiro atoms. The highest BCUT2D eigenvalue weighted by Gasteiger charge is 2.27. The van der Waals surface area contributed by atoms with Crippen molar-refractivity contribution in [1.29, 1.82) is 0 Å². The van der Waals surface area contributed by atoms with Gasteiger partial charge in [-0.05, 0) is 31.2 Å². The third kappa shape index (κ3) is 4.06. The van der Waals surface area contributed by atoms with Crippen molar-refractivity contribution in [2.45, 2.75) is 59.0 Å². The van der Waals surface area contributed by atoms with Crippen LogP contribution in [0.1, 0.15) is 52.9 Å². The van der Waals surface area contributed by atoms with Crippen LogP contribution in [0.15, 0.2) is 0 Å². The SMILES string of the molecule is CCC(CC)CN(CC)CC1CCCC1O. The van der Waals surface area contributed by atoms with Crippen LogP contribution < -0.4 is 0 Å². The predicted octanol–water partition coefficient (Wildman–Crippen LogP) is 2.91. The fraction of sp³-hybridized carbons (Fsp3) is 1.00. The lowest BCUT2D eigenvalue weighted by molar-refractivity contribution is 0.0971.